The molecule has 0 aliphatic carbocycles. The van der Waals surface area contributed by atoms with E-state index in [0.29, 0.717) is 18.8 Å². The third-order valence-corrected chi connectivity index (χ3v) is 2.90. The van der Waals surface area contributed by atoms with Crippen molar-refractivity contribution in [2.45, 2.75) is 6.18 Å². The summed E-state index contributed by atoms with van der Waals surface area (Å²) in [7, 11) is 1.48. The zero-order valence-corrected chi connectivity index (χ0v) is 11.6. The van der Waals surface area contributed by atoms with E-state index in [4.69, 9.17) is 21.0 Å². The average Bonchev–Trinajstić information content (AvgIpc) is 2.41. The molecule has 0 heterocycles. The predicted molar refractivity (Wildman–Crippen MR) is 73.6 cm³/mol. The number of nitrogens with two attached hydrogens (primary N) is 1. The van der Waals surface area contributed by atoms with E-state index in [2.05, 4.69) is 0 Å². The molecule has 0 fully saturated rings. The minimum absolute atomic E-state index is 0.181. The number of ether oxygens (including phenoxy) is 1. The van der Waals surface area contributed by atoms with Crippen LogP contribution in [-0.4, -0.2) is 44.4 Å². The Balaban J connectivity index is 3.21. The number of nitrogens with one attached hydrogen (secondary N) is 1. The molecule has 0 aliphatic heterocycles. The molecule has 0 radical (unpaired) electrons. The summed E-state index contributed by atoms with van der Waals surface area (Å²) < 4.78 is 44.0. The fourth-order valence-corrected chi connectivity index (χ4v) is 1.89. The Morgan fingerprint density at radius 2 is 2.05 bits per heavy atom. The Hall–Kier alpha value is -1.80. The van der Waals surface area contributed by atoms with Gasteiger partial charge in [0, 0.05) is 31.5 Å². The van der Waals surface area contributed by atoms with Crippen molar-refractivity contribution in [1.82, 2.24) is 0 Å². The van der Waals surface area contributed by atoms with Gasteiger partial charge in [-0.2, -0.15) is 13.2 Å². The number of alkyl halides is 3. The monoisotopic (exact) mass is 305 g/mol. The van der Waals surface area contributed by atoms with E-state index < -0.39 is 17.6 Å². The summed E-state index contributed by atoms with van der Waals surface area (Å²) in [4.78, 5) is 1.57. The summed E-state index contributed by atoms with van der Waals surface area (Å²) >= 11 is 0. The van der Waals surface area contributed by atoms with Crippen LogP contribution < -0.4 is 10.6 Å². The summed E-state index contributed by atoms with van der Waals surface area (Å²) in [5.74, 6) is -0.639. The van der Waals surface area contributed by atoms with Gasteiger partial charge in [-0.3, -0.25) is 5.41 Å². The third kappa shape index (κ3) is 4.61. The number of amidine groups is 1. The highest BCUT2D eigenvalue weighted by Gasteiger charge is 2.34. The standard InChI is InChI=1S/C13H18F3N3O2/c1-21-7-5-19(4-6-20)9-2-3-10(12(17)18)11(8-9)13(14,15)16/h2-3,8,20H,4-7H2,1H3,(H3,17,18). The van der Waals surface area contributed by atoms with E-state index in [-0.39, 0.29) is 18.7 Å². The van der Waals surface area contributed by atoms with Gasteiger partial charge in [-0.1, -0.05) is 0 Å². The second-order valence-corrected chi connectivity index (χ2v) is 4.34. The topological polar surface area (TPSA) is 82.6 Å². The number of hydrogen-bond donors (Lipinski definition) is 3. The van der Waals surface area contributed by atoms with Crippen molar-refractivity contribution in [2.75, 3.05) is 38.3 Å². The summed E-state index contributed by atoms with van der Waals surface area (Å²) in [5, 5.41) is 16.2. The molecule has 0 aromatic heterocycles. The van der Waals surface area contributed by atoms with Crippen molar-refractivity contribution in [3.63, 3.8) is 0 Å². The number of anilines is 1. The molecule has 0 saturated heterocycles. The zero-order valence-electron chi connectivity index (χ0n) is 11.6. The summed E-state index contributed by atoms with van der Waals surface area (Å²) in [6.07, 6.45) is -4.61. The molecule has 0 spiro atoms. The lowest BCUT2D eigenvalue weighted by atomic mass is 10.0. The Morgan fingerprint density at radius 3 is 2.52 bits per heavy atom. The van der Waals surface area contributed by atoms with Crippen molar-refractivity contribution >= 4 is 11.5 Å². The van der Waals surface area contributed by atoms with Crippen LogP contribution in [0.4, 0.5) is 18.9 Å². The molecule has 0 bridgehead atoms. The molecule has 4 N–H and O–H groups in total. The van der Waals surface area contributed by atoms with Crippen molar-refractivity contribution in [3.05, 3.63) is 29.3 Å². The van der Waals surface area contributed by atoms with Gasteiger partial charge in [-0.25, -0.2) is 0 Å². The number of nitrogens with zero attached hydrogens (tertiary/aromatic N) is 1. The predicted octanol–water partition coefficient (Wildman–Crippen LogP) is 1.43. The van der Waals surface area contributed by atoms with Crippen molar-refractivity contribution in [1.29, 1.82) is 5.41 Å². The molecule has 1 aromatic rings. The van der Waals surface area contributed by atoms with Gasteiger partial charge in [0.25, 0.3) is 0 Å². The minimum atomic E-state index is -4.61. The normalized spacial score (nSPS) is 11.5. The first-order chi connectivity index (χ1) is 9.81. The van der Waals surface area contributed by atoms with Crippen LogP contribution in [-0.2, 0) is 10.9 Å². The van der Waals surface area contributed by atoms with Crippen LogP contribution in [0, 0.1) is 5.41 Å². The van der Waals surface area contributed by atoms with Crippen LogP contribution in [0.5, 0.6) is 0 Å². The highest BCUT2D eigenvalue weighted by atomic mass is 19.4. The van der Waals surface area contributed by atoms with E-state index in [0.717, 1.165) is 12.1 Å². The highest BCUT2D eigenvalue weighted by molar-refractivity contribution is 5.97. The Labute approximate surface area is 120 Å². The Morgan fingerprint density at radius 1 is 1.38 bits per heavy atom. The first kappa shape index (κ1) is 17.3. The highest BCUT2D eigenvalue weighted by Crippen LogP contribution is 2.34. The second-order valence-electron chi connectivity index (χ2n) is 4.34. The van der Waals surface area contributed by atoms with E-state index in [1.54, 1.807) is 4.90 Å². The molecular formula is C13H18F3N3O2. The van der Waals surface area contributed by atoms with Crippen LogP contribution in [0.15, 0.2) is 18.2 Å². The third-order valence-electron chi connectivity index (χ3n) is 2.90. The molecule has 21 heavy (non-hydrogen) atoms. The van der Waals surface area contributed by atoms with Gasteiger partial charge < -0.3 is 20.5 Å². The van der Waals surface area contributed by atoms with Gasteiger partial charge in [-0.05, 0) is 18.2 Å². The lowest BCUT2D eigenvalue weighted by molar-refractivity contribution is -0.137. The van der Waals surface area contributed by atoms with Crippen LogP contribution in [0.2, 0.25) is 0 Å². The Bertz CT molecular complexity index is 492. The lowest BCUT2D eigenvalue weighted by Crippen LogP contribution is -2.30. The number of methoxy groups -OCH3 is 1. The summed E-state index contributed by atoms with van der Waals surface area (Å²) in [6, 6.07) is 3.54. The fraction of sp³-hybridized carbons (Fsp3) is 0.462. The lowest BCUT2D eigenvalue weighted by Gasteiger charge is -2.25. The quantitative estimate of drug-likeness (QED) is 0.526. The van der Waals surface area contributed by atoms with E-state index >= 15 is 0 Å². The second kappa shape index (κ2) is 7.28. The van der Waals surface area contributed by atoms with Crippen LogP contribution in [0.25, 0.3) is 0 Å². The smallest absolute Gasteiger partial charge is 0.395 e. The summed E-state index contributed by atoms with van der Waals surface area (Å²) in [6.45, 7) is 0.642. The number of aliphatic hydroxyl groups is 1. The van der Waals surface area contributed by atoms with Crippen LogP contribution in [0.1, 0.15) is 11.1 Å². The van der Waals surface area contributed by atoms with Gasteiger partial charge in [0.15, 0.2) is 0 Å². The van der Waals surface area contributed by atoms with Gasteiger partial charge in [0.2, 0.25) is 0 Å². The van der Waals surface area contributed by atoms with E-state index in [9.17, 15) is 13.2 Å². The van der Waals surface area contributed by atoms with Gasteiger partial charge >= 0.3 is 6.18 Å². The van der Waals surface area contributed by atoms with Gasteiger partial charge in [0.1, 0.15) is 5.84 Å². The molecule has 0 aliphatic rings. The number of aliphatic hydroxyl groups excluding tert-OH is 1. The first-order valence-corrected chi connectivity index (χ1v) is 6.21. The maximum absolute atomic E-state index is 13.0. The largest absolute Gasteiger partial charge is 0.417 e. The van der Waals surface area contributed by atoms with Gasteiger partial charge in [-0.15, -0.1) is 0 Å². The maximum atomic E-state index is 13.0. The number of rotatable bonds is 7. The molecule has 0 saturated carbocycles. The Kier molecular flexibility index (Phi) is 5.98. The number of halogens is 3. The SMILES string of the molecule is COCCN(CCO)c1ccc(C(=N)N)c(C(F)(F)F)c1. The van der Waals surface area contributed by atoms with Crippen molar-refractivity contribution < 1.29 is 23.0 Å². The first-order valence-electron chi connectivity index (χ1n) is 6.21. The average molecular weight is 305 g/mol. The zero-order chi connectivity index (χ0) is 16.0. The van der Waals surface area contributed by atoms with E-state index in [1.165, 1.54) is 13.2 Å². The molecule has 8 heteroatoms. The van der Waals surface area contributed by atoms with Gasteiger partial charge in [0.05, 0.1) is 18.8 Å². The summed E-state index contributed by atoms with van der Waals surface area (Å²) in [5.41, 5.74) is 4.15. The molecule has 5 nitrogen and oxygen atoms in total. The molecular weight excluding hydrogens is 287 g/mol. The van der Waals surface area contributed by atoms with Crippen LogP contribution >= 0.6 is 0 Å². The maximum Gasteiger partial charge on any atom is 0.417 e. The molecule has 1 aromatic carbocycles. The fourth-order valence-electron chi connectivity index (χ4n) is 1.89. The molecule has 1 rings (SSSR count). The molecule has 0 unspecified atom stereocenters. The molecule has 118 valence electrons. The van der Waals surface area contributed by atoms with Crippen LogP contribution in [0.3, 0.4) is 0 Å². The number of benzene rings is 1. The molecule has 0 atom stereocenters. The number of nitrogen functional groups attached to an aromatic ring is 1. The van der Waals surface area contributed by atoms with Crippen molar-refractivity contribution in [2.24, 2.45) is 5.73 Å². The minimum Gasteiger partial charge on any atom is -0.395 e. The van der Waals surface area contributed by atoms with E-state index in [1.807, 2.05) is 0 Å². The number of hydrogen-bond acceptors (Lipinski definition) is 4. The molecule has 0 amide bonds. The van der Waals surface area contributed by atoms with Crippen molar-refractivity contribution in [3.8, 4) is 0 Å².